The summed E-state index contributed by atoms with van der Waals surface area (Å²) < 4.78 is 1.93. The summed E-state index contributed by atoms with van der Waals surface area (Å²) >= 11 is 0. The van der Waals surface area contributed by atoms with Crippen molar-refractivity contribution in [3.05, 3.63) is 11.4 Å². The van der Waals surface area contributed by atoms with Crippen molar-refractivity contribution in [3.8, 4) is 0 Å². The molecule has 0 unspecified atom stereocenters. The molecule has 5 heteroatoms. The third-order valence-electron chi connectivity index (χ3n) is 3.13. The van der Waals surface area contributed by atoms with Crippen LogP contribution in [0.3, 0.4) is 0 Å². The number of hydrogen-bond acceptors (Lipinski definition) is 3. The number of amides is 1. The van der Waals surface area contributed by atoms with Crippen molar-refractivity contribution in [2.45, 2.75) is 51.5 Å². The molecule has 1 amide bonds. The van der Waals surface area contributed by atoms with Crippen LogP contribution in [0.25, 0.3) is 0 Å². The highest BCUT2D eigenvalue weighted by Crippen LogP contribution is 2.38. The lowest BCUT2D eigenvalue weighted by Gasteiger charge is -2.27. The summed E-state index contributed by atoms with van der Waals surface area (Å²) in [6, 6.07) is 0.282. The third kappa shape index (κ3) is 1.94. The maximum Gasteiger partial charge on any atom is 0.223 e. The van der Waals surface area contributed by atoms with Crippen LogP contribution in [-0.4, -0.2) is 20.9 Å². The molecule has 88 valence electrons. The van der Waals surface area contributed by atoms with Gasteiger partial charge in [0.25, 0.3) is 0 Å². The lowest BCUT2D eigenvalue weighted by atomic mass is 9.81. The Morgan fingerprint density at radius 3 is 2.69 bits per heavy atom. The number of rotatable bonds is 4. The Morgan fingerprint density at radius 1 is 1.56 bits per heavy atom. The van der Waals surface area contributed by atoms with Gasteiger partial charge in [-0.1, -0.05) is 11.6 Å². The van der Waals surface area contributed by atoms with Gasteiger partial charge in [0.1, 0.15) is 0 Å². The predicted molar refractivity (Wildman–Crippen MR) is 59.9 cm³/mol. The number of carbonyl (C=O) groups excluding carboxylic acids is 1. The van der Waals surface area contributed by atoms with Crippen LogP contribution in [0.5, 0.6) is 0 Å². The van der Waals surface area contributed by atoms with Crippen LogP contribution in [0.1, 0.15) is 56.5 Å². The van der Waals surface area contributed by atoms with Crippen LogP contribution >= 0.6 is 0 Å². The number of primary amides is 1. The maximum atomic E-state index is 11.0. The molecule has 0 radical (unpaired) electrons. The van der Waals surface area contributed by atoms with Gasteiger partial charge in [0, 0.05) is 12.0 Å². The largest absolute Gasteiger partial charge is 0.369 e. The number of aromatic nitrogens is 3. The van der Waals surface area contributed by atoms with E-state index in [-0.39, 0.29) is 18.4 Å². The summed E-state index contributed by atoms with van der Waals surface area (Å²) in [5.41, 5.74) is 7.12. The molecule has 1 aliphatic rings. The van der Waals surface area contributed by atoms with E-state index in [0.29, 0.717) is 5.92 Å². The SMILES string of the molecule is CC(C)n1nnc(CC(N)=O)c1C1CCC1. The lowest BCUT2D eigenvalue weighted by Crippen LogP contribution is -2.20. The predicted octanol–water partition coefficient (Wildman–Crippen LogP) is 1.15. The minimum atomic E-state index is -0.337. The van der Waals surface area contributed by atoms with E-state index in [1.54, 1.807) is 0 Å². The molecule has 0 spiro atoms. The Morgan fingerprint density at radius 2 is 2.25 bits per heavy atom. The van der Waals surface area contributed by atoms with E-state index in [1.807, 2.05) is 4.68 Å². The van der Waals surface area contributed by atoms with Crippen LogP contribution in [0, 0.1) is 0 Å². The average Bonchev–Trinajstić information content (AvgIpc) is 2.45. The summed E-state index contributed by atoms with van der Waals surface area (Å²) in [4.78, 5) is 11.0. The summed E-state index contributed by atoms with van der Waals surface area (Å²) in [5.74, 6) is 0.183. The molecule has 1 fully saturated rings. The van der Waals surface area contributed by atoms with Crippen molar-refractivity contribution in [2.75, 3.05) is 0 Å². The Balaban J connectivity index is 2.33. The monoisotopic (exact) mass is 222 g/mol. The first kappa shape index (κ1) is 11.1. The fourth-order valence-corrected chi connectivity index (χ4v) is 2.11. The van der Waals surface area contributed by atoms with Crippen molar-refractivity contribution in [1.29, 1.82) is 0 Å². The molecule has 16 heavy (non-hydrogen) atoms. The van der Waals surface area contributed by atoms with Gasteiger partial charge >= 0.3 is 0 Å². The molecule has 1 aromatic rings. The molecule has 1 saturated carbocycles. The zero-order valence-corrected chi connectivity index (χ0v) is 9.81. The molecule has 5 nitrogen and oxygen atoms in total. The standard InChI is InChI=1S/C11H18N4O/c1-7(2)15-11(8-4-3-5-8)9(13-14-15)6-10(12)16/h7-8H,3-6H2,1-2H3,(H2,12,16). The molecular formula is C11H18N4O. The fourth-order valence-electron chi connectivity index (χ4n) is 2.11. The number of nitrogens with zero attached hydrogens (tertiary/aromatic N) is 3. The third-order valence-corrected chi connectivity index (χ3v) is 3.13. The lowest BCUT2D eigenvalue weighted by molar-refractivity contribution is -0.117. The molecule has 0 atom stereocenters. The summed E-state index contributed by atoms with van der Waals surface area (Å²) in [7, 11) is 0. The van der Waals surface area contributed by atoms with E-state index < -0.39 is 0 Å². The maximum absolute atomic E-state index is 11.0. The number of hydrogen-bond donors (Lipinski definition) is 1. The quantitative estimate of drug-likeness (QED) is 0.830. The molecule has 0 aromatic carbocycles. The second kappa shape index (κ2) is 4.23. The minimum Gasteiger partial charge on any atom is -0.369 e. The molecule has 1 aromatic heterocycles. The molecule has 2 rings (SSSR count). The molecular weight excluding hydrogens is 204 g/mol. The fraction of sp³-hybridized carbons (Fsp3) is 0.727. The van der Waals surface area contributed by atoms with E-state index in [0.717, 1.165) is 11.4 Å². The van der Waals surface area contributed by atoms with Gasteiger partial charge in [-0.2, -0.15) is 0 Å². The van der Waals surface area contributed by atoms with Gasteiger partial charge in [0.05, 0.1) is 17.8 Å². The number of carbonyl (C=O) groups is 1. The average molecular weight is 222 g/mol. The van der Waals surface area contributed by atoms with E-state index in [1.165, 1.54) is 19.3 Å². The zero-order valence-electron chi connectivity index (χ0n) is 9.81. The molecule has 0 saturated heterocycles. The van der Waals surface area contributed by atoms with Crippen molar-refractivity contribution >= 4 is 5.91 Å². The highest BCUT2D eigenvalue weighted by Gasteiger charge is 2.28. The van der Waals surface area contributed by atoms with Crippen molar-refractivity contribution in [1.82, 2.24) is 15.0 Å². The van der Waals surface area contributed by atoms with Gasteiger partial charge in [0.2, 0.25) is 5.91 Å². The molecule has 0 bridgehead atoms. The highest BCUT2D eigenvalue weighted by molar-refractivity contribution is 5.76. The Labute approximate surface area is 95.0 Å². The van der Waals surface area contributed by atoms with Crippen LogP contribution in [0.2, 0.25) is 0 Å². The van der Waals surface area contributed by atoms with Crippen molar-refractivity contribution in [2.24, 2.45) is 5.73 Å². The van der Waals surface area contributed by atoms with Crippen LogP contribution in [0.4, 0.5) is 0 Å². The first-order chi connectivity index (χ1) is 7.59. The van der Waals surface area contributed by atoms with Crippen LogP contribution in [-0.2, 0) is 11.2 Å². The molecule has 2 N–H and O–H groups in total. The minimum absolute atomic E-state index is 0.207. The van der Waals surface area contributed by atoms with E-state index >= 15 is 0 Å². The normalized spacial score (nSPS) is 16.4. The second-order valence-electron chi connectivity index (χ2n) is 4.73. The first-order valence-corrected chi connectivity index (χ1v) is 5.82. The smallest absolute Gasteiger partial charge is 0.223 e. The topological polar surface area (TPSA) is 73.8 Å². The van der Waals surface area contributed by atoms with E-state index in [4.69, 9.17) is 5.73 Å². The summed E-state index contributed by atoms with van der Waals surface area (Å²) in [5, 5.41) is 8.22. The van der Waals surface area contributed by atoms with Gasteiger partial charge in [-0.15, -0.1) is 5.10 Å². The Hall–Kier alpha value is -1.39. The van der Waals surface area contributed by atoms with Gasteiger partial charge in [0.15, 0.2) is 0 Å². The van der Waals surface area contributed by atoms with Gasteiger partial charge in [-0.25, -0.2) is 4.68 Å². The zero-order chi connectivity index (χ0) is 11.7. The summed E-state index contributed by atoms with van der Waals surface area (Å²) in [6.07, 6.45) is 3.81. The Bertz CT molecular complexity index is 393. The molecule has 0 aliphatic heterocycles. The van der Waals surface area contributed by atoms with Crippen LogP contribution < -0.4 is 5.73 Å². The van der Waals surface area contributed by atoms with E-state index in [9.17, 15) is 4.79 Å². The van der Waals surface area contributed by atoms with Gasteiger partial charge < -0.3 is 5.73 Å². The van der Waals surface area contributed by atoms with Crippen LogP contribution in [0.15, 0.2) is 0 Å². The van der Waals surface area contributed by atoms with E-state index in [2.05, 4.69) is 24.2 Å². The second-order valence-corrected chi connectivity index (χ2v) is 4.73. The highest BCUT2D eigenvalue weighted by atomic mass is 16.1. The molecule has 1 aliphatic carbocycles. The first-order valence-electron chi connectivity index (χ1n) is 5.82. The van der Waals surface area contributed by atoms with Gasteiger partial charge in [-0.05, 0) is 26.7 Å². The number of nitrogens with two attached hydrogens (primary N) is 1. The summed E-state index contributed by atoms with van der Waals surface area (Å²) in [6.45, 7) is 4.15. The Kier molecular flexibility index (Phi) is 2.94. The van der Waals surface area contributed by atoms with Crippen molar-refractivity contribution in [3.63, 3.8) is 0 Å². The molecule has 1 heterocycles. The van der Waals surface area contributed by atoms with Crippen molar-refractivity contribution < 1.29 is 4.79 Å². The van der Waals surface area contributed by atoms with Gasteiger partial charge in [-0.3, -0.25) is 4.79 Å².